The quantitative estimate of drug-likeness (QED) is 0.713. The highest BCUT2D eigenvalue weighted by Crippen LogP contribution is 2.32. The summed E-state index contributed by atoms with van der Waals surface area (Å²) < 4.78 is 6.22. The Kier molecular flexibility index (Phi) is 6.12. The van der Waals surface area contributed by atoms with Gasteiger partial charge in [0.15, 0.2) is 8.32 Å². The van der Waals surface area contributed by atoms with Crippen LogP contribution in [0.4, 0.5) is 0 Å². The van der Waals surface area contributed by atoms with E-state index >= 15 is 0 Å². The van der Waals surface area contributed by atoms with Gasteiger partial charge >= 0.3 is 0 Å². The van der Waals surface area contributed by atoms with Gasteiger partial charge in [-0.05, 0) is 45.5 Å². The normalized spacial score (nSPS) is 18.9. The van der Waals surface area contributed by atoms with Crippen molar-refractivity contribution in [3.05, 3.63) is 0 Å². The first-order valence-corrected chi connectivity index (χ1v) is 13.2. The van der Waals surface area contributed by atoms with E-state index in [-0.39, 0.29) is 0 Å². The van der Waals surface area contributed by atoms with Crippen LogP contribution >= 0.6 is 0 Å². The Balaban J connectivity index is 4.69. The highest BCUT2D eigenvalue weighted by Gasteiger charge is 2.45. The molecule has 0 amide bonds. The van der Waals surface area contributed by atoms with Gasteiger partial charge in [0.05, 0.1) is 13.3 Å². The molecule has 0 fully saturated rings. The fourth-order valence-electron chi connectivity index (χ4n) is 2.40. The van der Waals surface area contributed by atoms with Crippen LogP contribution in [-0.2, 0) is 4.43 Å². The van der Waals surface area contributed by atoms with Gasteiger partial charge in [0.1, 0.15) is 0 Å². The van der Waals surface area contributed by atoms with Gasteiger partial charge < -0.3 is 9.53 Å². The maximum absolute atomic E-state index is 10.5. The second kappa shape index (κ2) is 6.00. The van der Waals surface area contributed by atoms with E-state index in [4.69, 9.17) is 4.43 Å². The Bertz CT molecular complexity index is 238. The van der Waals surface area contributed by atoms with Crippen LogP contribution in [0.3, 0.4) is 0 Å². The van der Waals surface area contributed by atoms with E-state index < -0.39 is 21.6 Å². The molecule has 0 rings (SSSR count). The summed E-state index contributed by atoms with van der Waals surface area (Å²) >= 11 is 0. The van der Waals surface area contributed by atoms with Gasteiger partial charge in [-0.2, -0.15) is 0 Å². The standard InChI is InChI=1S/C13H32O2Si2/c1-9-12(3)15-17(7,8)11-16(5,6)13(4,14)10-2/h12,14H,9-11H2,1-8H3. The monoisotopic (exact) mass is 276 g/mol. The molecule has 0 aromatic rings. The van der Waals surface area contributed by atoms with Crippen LogP contribution in [0.1, 0.15) is 40.5 Å². The van der Waals surface area contributed by atoms with Crippen LogP contribution in [-0.4, -0.2) is 32.8 Å². The molecule has 0 aliphatic rings. The van der Waals surface area contributed by atoms with Crippen molar-refractivity contribution in [2.24, 2.45) is 0 Å². The smallest absolute Gasteiger partial charge is 0.184 e. The molecule has 2 nitrogen and oxygen atoms in total. The molecule has 17 heavy (non-hydrogen) atoms. The van der Waals surface area contributed by atoms with Crippen LogP contribution < -0.4 is 0 Å². The average Bonchev–Trinajstić information content (AvgIpc) is 2.14. The maximum atomic E-state index is 10.5. The molecule has 0 aliphatic carbocycles. The van der Waals surface area contributed by atoms with E-state index in [1.54, 1.807) is 0 Å². The third kappa shape index (κ3) is 5.24. The Hall–Kier alpha value is 0.354. The third-order valence-corrected chi connectivity index (χ3v) is 15.4. The molecule has 0 saturated heterocycles. The lowest BCUT2D eigenvalue weighted by Gasteiger charge is -2.42. The van der Waals surface area contributed by atoms with E-state index in [1.165, 1.54) is 0 Å². The highest BCUT2D eigenvalue weighted by atomic mass is 28.4. The first-order chi connectivity index (χ1) is 7.47. The van der Waals surface area contributed by atoms with E-state index in [0.717, 1.165) is 18.5 Å². The Morgan fingerprint density at radius 2 is 1.65 bits per heavy atom. The first-order valence-electron chi connectivity index (χ1n) is 6.87. The second-order valence-corrected chi connectivity index (χ2v) is 16.8. The second-order valence-electron chi connectivity index (χ2n) is 6.78. The predicted octanol–water partition coefficient (Wildman–Crippen LogP) is 3.95. The molecule has 0 saturated carbocycles. The minimum absolute atomic E-state index is 0.355. The van der Waals surface area contributed by atoms with Crippen molar-refractivity contribution in [3.8, 4) is 0 Å². The zero-order valence-corrected chi connectivity index (χ0v) is 15.1. The van der Waals surface area contributed by atoms with Gasteiger partial charge in [-0.25, -0.2) is 0 Å². The van der Waals surface area contributed by atoms with Crippen molar-refractivity contribution in [2.75, 3.05) is 0 Å². The summed E-state index contributed by atoms with van der Waals surface area (Å²) in [5.41, 5.74) is 1.13. The van der Waals surface area contributed by atoms with Crippen LogP contribution in [0, 0.1) is 0 Å². The molecule has 1 N–H and O–H groups in total. The molecule has 0 spiro atoms. The maximum Gasteiger partial charge on any atom is 0.184 e. The van der Waals surface area contributed by atoms with Crippen molar-refractivity contribution < 1.29 is 9.53 Å². The SMILES string of the molecule is CCC(C)O[Si](C)(C)C[Si](C)(C)C(C)(O)CC. The molecule has 0 aromatic heterocycles. The van der Waals surface area contributed by atoms with E-state index in [0.29, 0.717) is 6.10 Å². The van der Waals surface area contributed by atoms with Crippen molar-refractivity contribution >= 4 is 16.4 Å². The summed E-state index contributed by atoms with van der Waals surface area (Å²) in [6, 6.07) is 0. The van der Waals surface area contributed by atoms with Gasteiger partial charge in [-0.3, -0.25) is 0 Å². The number of aliphatic hydroxyl groups is 1. The third-order valence-electron chi connectivity index (χ3n) is 4.11. The van der Waals surface area contributed by atoms with Gasteiger partial charge in [0.2, 0.25) is 0 Å². The molecule has 0 heterocycles. The fourth-order valence-corrected chi connectivity index (χ4v) is 15.0. The zero-order valence-electron chi connectivity index (χ0n) is 13.1. The summed E-state index contributed by atoms with van der Waals surface area (Å²) in [5, 5.41) is 10.1. The van der Waals surface area contributed by atoms with Crippen LogP contribution in [0.5, 0.6) is 0 Å². The molecule has 0 bridgehead atoms. The number of hydrogen-bond donors (Lipinski definition) is 1. The average molecular weight is 277 g/mol. The highest BCUT2D eigenvalue weighted by molar-refractivity contribution is 6.94. The summed E-state index contributed by atoms with van der Waals surface area (Å²) in [6.45, 7) is 17.6. The lowest BCUT2D eigenvalue weighted by atomic mass is 10.3. The minimum Gasteiger partial charge on any atom is -0.415 e. The molecule has 2 atom stereocenters. The number of rotatable bonds is 7. The summed E-state index contributed by atoms with van der Waals surface area (Å²) in [7, 11) is -3.30. The van der Waals surface area contributed by atoms with Crippen LogP contribution in [0.2, 0.25) is 31.9 Å². The molecule has 4 heteroatoms. The molecule has 104 valence electrons. The lowest BCUT2D eigenvalue weighted by molar-refractivity contribution is 0.130. The molecule has 2 unspecified atom stereocenters. The summed E-state index contributed by atoms with van der Waals surface area (Å²) in [5.74, 6) is 0. The number of hydrogen-bond acceptors (Lipinski definition) is 2. The molecule has 0 aromatic carbocycles. The van der Waals surface area contributed by atoms with Gasteiger partial charge in [-0.1, -0.05) is 26.9 Å². The topological polar surface area (TPSA) is 29.5 Å². The van der Waals surface area contributed by atoms with Crippen molar-refractivity contribution in [1.82, 2.24) is 0 Å². The molecule has 0 radical (unpaired) electrons. The fraction of sp³-hybridized carbons (Fsp3) is 1.00. The van der Waals surface area contributed by atoms with E-state index in [9.17, 15) is 5.11 Å². The summed E-state index contributed by atoms with van der Waals surface area (Å²) in [6.07, 6.45) is 2.27. The predicted molar refractivity (Wildman–Crippen MR) is 81.5 cm³/mol. The molecular weight excluding hydrogens is 244 g/mol. The van der Waals surface area contributed by atoms with Gasteiger partial charge in [0.25, 0.3) is 0 Å². The molecule has 0 aliphatic heterocycles. The largest absolute Gasteiger partial charge is 0.415 e. The first kappa shape index (κ1) is 17.4. The van der Waals surface area contributed by atoms with E-state index in [2.05, 4.69) is 47.0 Å². The van der Waals surface area contributed by atoms with E-state index in [1.807, 2.05) is 6.92 Å². The Morgan fingerprint density at radius 3 is 2.00 bits per heavy atom. The van der Waals surface area contributed by atoms with Crippen LogP contribution in [0.25, 0.3) is 0 Å². The van der Waals surface area contributed by atoms with Crippen molar-refractivity contribution in [2.45, 2.75) is 83.7 Å². The van der Waals surface area contributed by atoms with Crippen LogP contribution in [0.15, 0.2) is 0 Å². The van der Waals surface area contributed by atoms with Crippen molar-refractivity contribution in [1.29, 1.82) is 0 Å². The minimum atomic E-state index is -1.65. The van der Waals surface area contributed by atoms with Crippen molar-refractivity contribution in [3.63, 3.8) is 0 Å². The van der Waals surface area contributed by atoms with Gasteiger partial charge in [-0.15, -0.1) is 0 Å². The summed E-state index contributed by atoms with van der Waals surface area (Å²) in [4.78, 5) is 0. The molecular formula is C13H32O2Si2. The van der Waals surface area contributed by atoms with Gasteiger partial charge in [0, 0.05) is 6.10 Å². The Labute approximate surface area is 110 Å². The lowest BCUT2D eigenvalue weighted by Crippen LogP contribution is -2.57. The zero-order chi connectivity index (χ0) is 13.9. The Morgan fingerprint density at radius 1 is 1.18 bits per heavy atom.